The molecule has 0 atom stereocenters. The first-order valence-corrected chi connectivity index (χ1v) is 4.28. The highest BCUT2D eigenvalue weighted by Crippen LogP contribution is 2.14. The van der Waals surface area contributed by atoms with Crippen molar-refractivity contribution >= 4 is 5.69 Å². The number of ether oxygens (including phenoxy) is 1. The van der Waals surface area contributed by atoms with Crippen LogP contribution in [-0.4, -0.2) is 14.2 Å². The van der Waals surface area contributed by atoms with Crippen LogP contribution >= 0.6 is 0 Å². The molecule has 0 aromatic heterocycles. The van der Waals surface area contributed by atoms with E-state index in [9.17, 15) is 0 Å². The van der Waals surface area contributed by atoms with Crippen molar-refractivity contribution in [2.75, 3.05) is 19.9 Å². The van der Waals surface area contributed by atoms with Crippen LogP contribution in [0.1, 0.15) is 11.1 Å². The van der Waals surface area contributed by atoms with Gasteiger partial charge in [-0.15, -0.1) is 0 Å². The molecule has 0 heterocycles. The van der Waals surface area contributed by atoms with E-state index in [1.807, 2.05) is 25.2 Å². The number of methoxy groups -OCH3 is 1. The molecule has 3 N–H and O–H groups in total. The first-order valence-electron chi connectivity index (χ1n) is 4.28. The first-order chi connectivity index (χ1) is 6.27. The SMILES string of the molecule is CNCc1cc(N)ccc1COC. The summed E-state index contributed by atoms with van der Waals surface area (Å²) < 4.78 is 5.09. The van der Waals surface area contributed by atoms with Crippen LogP contribution in [0, 0.1) is 0 Å². The Hall–Kier alpha value is -1.06. The highest BCUT2D eigenvalue weighted by Gasteiger charge is 2.01. The Morgan fingerprint density at radius 1 is 1.38 bits per heavy atom. The first kappa shape index (κ1) is 10.0. The van der Waals surface area contributed by atoms with Gasteiger partial charge in [0.1, 0.15) is 0 Å². The van der Waals surface area contributed by atoms with Crippen LogP contribution in [0.4, 0.5) is 5.69 Å². The third-order valence-electron chi connectivity index (χ3n) is 1.90. The smallest absolute Gasteiger partial charge is 0.0716 e. The van der Waals surface area contributed by atoms with Crippen LogP contribution in [0.2, 0.25) is 0 Å². The summed E-state index contributed by atoms with van der Waals surface area (Å²) in [7, 11) is 3.61. The number of nitrogens with one attached hydrogen (secondary N) is 1. The number of nitrogens with two attached hydrogens (primary N) is 1. The van der Waals surface area contributed by atoms with Gasteiger partial charge >= 0.3 is 0 Å². The summed E-state index contributed by atoms with van der Waals surface area (Å²) in [6.45, 7) is 1.46. The molecule has 3 heteroatoms. The van der Waals surface area contributed by atoms with Crippen molar-refractivity contribution in [2.24, 2.45) is 0 Å². The summed E-state index contributed by atoms with van der Waals surface area (Å²) in [5.74, 6) is 0. The van der Waals surface area contributed by atoms with Crippen LogP contribution in [0.15, 0.2) is 18.2 Å². The molecule has 0 spiro atoms. The molecule has 0 aliphatic rings. The zero-order chi connectivity index (χ0) is 9.68. The predicted octanol–water partition coefficient (Wildman–Crippen LogP) is 1.13. The van der Waals surface area contributed by atoms with Gasteiger partial charge in [0.2, 0.25) is 0 Å². The quantitative estimate of drug-likeness (QED) is 0.683. The Bertz CT molecular complexity index is 274. The Morgan fingerprint density at radius 3 is 2.77 bits per heavy atom. The lowest BCUT2D eigenvalue weighted by molar-refractivity contribution is 0.184. The van der Waals surface area contributed by atoms with Gasteiger partial charge in [0.25, 0.3) is 0 Å². The molecule has 1 rings (SSSR count). The van der Waals surface area contributed by atoms with Crippen molar-refractivity contribution in [1.82, 2.24) is 5.32 Å². The summed E-state index contributed by atoms with van der Waals surface area (Å²) in [6.07, 6.45) is 0. The van der Waals surface area contributed by atoms with Crippen molar-refractivity contribution in [3.05, 3.63) is 29.3 Å². The summed E-state index contributed by atoms with van der Waals surface area (Å²) in [5.41, 5.74) is 8.87. The summed E-state index contributed by atoms with van der Waals surface area (Å²) in [5, 5.41) is 3.10. The van der Waals surface area contributed by atoms with Crippen molar-refractivity contribution in [3.8, 4) is 0 Å². The Balaban J connectivity index is 2.89. The molecule has 0 amide bonds. The monoisotopic (exact) mass is 180 g/mol. The maximum atomic E-state index is 5.69. The number of nitrogen functional groups attached to an aromatic ring is 1. The fourth-order valence-electron chi connectivity index (χ4n) is 1.30. The molecule has 0 unspecified atom stereocenters. The largest absolute Gasteiger partial charge is 0.399 e. The van der Waals surface area contributed by atoms with Crippen molar-refractivity contribution < 1.29 is 4.74 Å². The lowest BCUT2D eigenvalue weighted by Crippen LogP contribution is -2.08. The van der Waals surface area contributed by atoms with E-state index in [2.05, 4.69) is 5.32 Å². The van der Waals surface area contributed by atoms with Gasteiger partial charge < -0.3 is 15.8 Å². The Morgan fingerprint density at radius 2 is 2.15 bits per heavy atom. The van der Waals surface area contributed by atoms with Gasteiger partial charge in [-0.3, -0.25) is 0 Å². The standard InChI is InChI=1S/C10H16N2O/c1-12-6-9-5-10(11)4-3-8(9)7-13-2/h3-5,12H,6-7,11H2,1-2H3. The fourth-order valence-corrected chi connectivity index (χ4v) is 1.30. The van der Waals surface area contributed by atoms with Crippen molar-refractivity contribution in [3.63, 3.8) is 0 Å². The van der Waals surface area contributed by atoms with E-state index in [4.69, 9.17) is 10.5 Å². The molecule has 0 saturated heterocycles. The van der Waals surface area contributed by atoms with Gasteiger partial charge in [-0.05, 0) is 30.3 Å². The van der Waals surface area contributed by atoms with Gasteiger partial charge in [-0.1, -0.05) is 6.07 Å². The molecule has 0 radical (unpaired) electrons. The van der Waals surface area contributed by atoms with Crippen LogP contribution in [0.5, 0.6) is 0 Å². The molecule has 13 heavy (non-hydrogen) atoms. The minimum Gasteiger partial charge on any atom is -0.399 e. The molecule has 0 fully saturated rings. The summed E-state index contributed by atoms with van der Waals surface area (Å²) in [6, 6.07) is 5.88. The lowest BCUT2D eigenvalue weighted by atomic mass is 10.1. The van der Waals surface area contributed by atoms with Gasteiger partial charge in [0.05, 0.1) is 6.61 Å². The number of rotatable bonds is 4. The van der Waals surface area contributed by atoms with Gasteiger partial charge in [-0.25, -0.2) is 0 Å². The number of hydrogen-bond acceptors (Lipinski definition) is 3. The second kappa shape index (κ2) is 4.84. The van der Waals surface area contributed by atoms with E-state index >= 15 is 0 Å². The molecule has 0 bridgehead atoms. The van der Waals surface area contributed by atoms with Gasteiger partial charge in [0.15, 0.2) is 0 Å². The summed E-state index contributed by atoms with van der Waals surface area (Å²) >= 11 is 0. The van der Waals surface area contributed by atoms with E-state index in [0.29, 0.717) is 6.61 Å². The minimum absolute atomic E-state index is 0.636. The molecule has 1 aromatic carbocycles. The maximum absolute atomic E-state index is 5.69. The fraction of sp³-hybridized carbons (Fsp3) is 0.400. The zero-order valence-corrected chi connectivity index (χ0v) is 8.13. The third kappa shape index (κ3) is 2.72. The van der Waals surface area contributed by atoms with E-state index in [-0.39, 0.29) is 0 Å². The van der Waals surface area contributed by atoms with Crippen LogP contribution < -0.4 is 11.1 Å². The molecule has 1 aromatic rings. The second-order valence-electron chi connectivity index (χ2n) is 2.99. The van der Waals surface area contributed by atoms with E-state index in [1.54, 1.807) is 7.11 Å². The van der Waals surface area contributed by atoms with Crippen molar-refractivity contribution in [2.45, 2.75) is 13.2 Å². The minimum atomic E-state index is 0.636. The molecule has 3 nitrogen and oxygen atoms in total. The van der Waals surface area contributed by atoms with E-state index < -0.39 is 0 Å². The van der Waals surface area contributed by atoms with Crippen LogP contribution in [-0.2, 0) is 17.9 Å². The second-order valence-corrected chi connectivity index (χ2v) is 2.99. The zero-order valence-electron chi connectivity index (χ0n) is 8.13. The highest BCUT2D eigenvalue weighted by molar-refractivity contribution is 5.44. The number of anilines is 1. The van der Waals surface area contributed by atoms with E-state index in [0.717, 1.165) is 12.2 Å². The molecule has 0 saturated carbocycles. The summed E-state index contributed by atoms with van der Waals surface area (Å²) in [4.78, 5) is 0. The van der Waals surface area contributed by atoms with Gasteiger partial charge in [0, 0.05) is 19.3 Å². The van der Waals surface area contributed by atoms with E-state index in [1.165, 1.54) is 11.1 Å². The highest BCUT2D eigenvalue weighted by atomic mass is 16.5. The lowest BCUT2D eigenvalue weighted by Gasteiger charge is -2.08. The molecular weight excluding hydrogens is 164 g/mol. The normalized spacial score (nSPS) is 10.3. The predicted molar refractivity (Wildman–Crippen MR) is 54.3 cm³/mol. The van der Waals surface area contributed by atoms with Gasteiger partial charge in [-0.2, -0.15) is 0 Å². The van der Waals surface area contributed by atoms with Crippen molar-refractivity contribution in [1.29, 1.82) is 0 Å². The average Bonchev–Trinajstić information content (AvgIpc) is 2.10. The third-order valence-corrected chi connectivity index (χ3v) is 1.90. The number of benzene rings is 1. The molecule has 72 valence electrons. The molecule has 0 aliphatic heterocycles. The number of hydrogen-bond donors (Lipinski definition) is 2. The average molecular weight is 180 g/mol. The Labute approximate surface area is 78.9 Å². The maximum Gasteiger partial charge on any atom is 0.0716 e. The van der Waals surface area contributed by atoms with Crippen LogP contribution in [0.3, 0.4) is 0 Å². The molecular formula is C10H16N2O. The topological polar surface area (TPSA) is 47.3 Å². The Kier molecular flexibility index (Phi) is 3.73. The molecule has 0 aliphatic carbocycles. The van der Waals surface area contributed by atoms with Crippen LogP contribution in [0.25, 0.3) is 0 Å².